The number of aliphatic imine (C=N–C) groups is 1. The fourth-order valence-corrected chi connectivity index (χ4v) is 2.78. The van der Waals surface area contributed by atoms with E-state index in [1.165, 1.54) is 11.8 Å². The molecule has 0 aliphatic carbocycles. The van der Waals surface area contributed by atoms with Gasteiger partial charge in [-0.15, -0.1) is 0 Å². The molecule has 1 heterocycles. The van der Waals surface area contributed by atoms with E-state index in [1.807, 2.05) is 0 Å². The van der Waals surface area contributed by atoms with Crippen molar-refractivity contribution < 1.29 is 4.79 Å². The van der Waals surface area contributed by atoms with Crippen LogP contribution in [0.3, 0.4) is 0 Å². The normalized spacial score (nSPS) is 19.6. The number of nitriles is 1. The molecule has 5 nitrogen and oxygen atoms in total. The van der Waals surface area contributed by atoms with Gasteiger partial charge in [0, 0.05) is 19.3 Å². The van der Waals surface area contributed by atoms with Crippen molar-refractivity contribution in [1.29, 1.82) is 5.26 Å². The van der Waals surface area contributed by atoms with Gasteiger partial charge >= 0.3 is 0 Å². The second-order valence-corrected chi connectivity index (χ2v) is 5.33. The van der Waals surface area contributed by atoms with Gasteiger partial charge in [-0.3, -0.25) is 9.79 Å². The SMILES string of the molecule is CN=C(N)SC1CCN(c2ccc(C#N)cc2)C1=O. The Morgan fingerprint density at radius 3 is 2.79 bits per heavy atom. The van der Waals surface area contributed by atoms with Crippen LogP contribution in [0.25, 0.3) is 0 Å². The molecule has 1 aliphatic rings. The predicted octanol–water partition coefficient (Wildman–Crippen LogP) is 1.34. The maximum Gasteiger partial charge on any atom is 0.240 e. The highest BCUT2D eigenvalue weighted by Crippen LogP contribution is 2.28. The Hall–Kier alpha value is -2.00. The zero-order valence-corrected chi connectivity index (χ0v) is 11.4. The number of anilines is 1. The Kier molecular flexibility index (Phi) is 4.07. The van der Waals surface area contributed by atoms with E-state index in [1.54, 1.807) is 36.2 Å². The molecule has 6 heteroatoms. The average Bonchev–Trinajstić information content (AvgIpc) is 2.80. The highest BCUT2D eigenvalue weighted by molar-refractivity contribution is 8.14. The number of thioether (sulfide) groups is 1. The molecule has 2 N–H and O–H groups in total. The minimum absolute atomic E-state index is 0.0429. The quantitative estimate of drug-likeness (QED) is 0.651. The minimum atomic E-state index is -0.167. The molecule has 1 atom stereocenters. The second-order valence-electron chi connectivity index (χ2n) is 4.11. The van der Waals surface area contributed by atoms with E-state index in [0.29, 0.717) is 17.3 Å². The van der Waals surface area contributed by atoms with E-state index in [4.69, 9.17) is 11.0 Å². The molecule has 0 aromatic heterocycles. The lowest BCUT2D eigenvalue weighted by molar-refractivity contribution is -0.116. The number of amidine groups is 1. The van der Waals surface area contributed by atoms with Gasteiger partial charge in [-0.05, 0) is 30.7 Å². The topological polar surface area (TPSA) is 82.5 Å². The maximum atomic E-state index is 12.2. The fraction of sp³-hybridized carbons (Fsp3) is 0.308. The Balaban J connectivity index is 2.11. The van der Waals surface area contributed by atoms with Crippen LogP contribution in [0.1, 0.15) is 12.0 Å². The molecular weight excluding hydrogens is 260 g/mol. The molecule has 0 saturated carbocycles. The number of benzene rings is 1. The van der Waals surface area contributed by atoms with Crippen molar-refractivity contribution in [2.45, 2.75) is 11.7 Å². The summed E-state index contributed by atoms with van der Waals surface area (Å²) in [5.74, 6) is 0.0429. The van der Waals surface area contributed by atoms with Crippen LogP contribution in [0.15, 0.2) is 29.3 Å². The summed E-state index contributed by atoms with van der Waals surface area (Å²) < 4.78 is 0. The van der Waals surface area contributed by atoms with Crippen molar-refractivity contribution in [2.75, 3.05) is 18.5 Å². The summed E-state index contributed by atoms with van der Waals surface area (Å²) in [6.07, 6.45) is 0.750. The molecule has 1 saturated heterocycles. The number of nitrogens with zero attached hydrogens (tertiary/aromatic N) is 3. The van der Waals surface area contributed by atoms with E-state index in [2.05, 4.69) is 11.1 Å². The third-order valence-electron chi connectivity index (χ3n) is 2.95. The Morgan fingerprint density at radius 2 is 2.21 bits per heavy atom. The molecule has 98 valence electrons. The molecule has 1 aliphatic heterocycles. The van der Waals surface area contributed by atoms with Crippen LogP contribution in [0, 0.1) is 11.3 Å². The molecule has 2 rings (SSSR count). The van der Waals surface area contributed by atoms with Gasteiger partial charge in [0.1, 0.15) is 0 Å². The number of hydrogen-bond acceptors (Lipinski definition) is 4. The Labute approximate surface area is 116 Å². The number of rotatable bonds is 2. The summed E-state index contributed by atoms with van der Waals surface area (Å²) in [7, 11) is 1.61. The molecule has 1 fully saturated rings. The van der Waals surface area contributed by atoms with E-state index < -0.39 is 0 Å². The maximum absolute atomic E-state index is 12.2. The highest BCUT2D eigenvalue weighted by Gasteiger charge is 2.33. The fourth-order valence-electron chi connectivity index (χ4n) is 1.93. The summed E-state index contributed by atoms with van der Waals surface area (Å²) in [5.41, 5.74) is 7.05. The largest absolute Gasteiger partial charge is 0.379 e. The third-order valence-corrected chi connectivity index (χ3v) is 4.09. The molecule has 1 amide bonds. The van der Waals surface area contributed by atoms with Crippen molar-refractivity contribution in [3.05, 3.63) is 29.8 Å². The highest BCUT2D eigenvalue weighted by atomic mass is 32.2. The van der Waals surface area contributed by atoms with Crippen LogP contribution < -0.4 is 10.6 Å². The zero-order valence-electron chi connectivity index (χ0n) is 10.5. The summed E-state index contributed by atoms with van der Waals surface area (Å²) >= 11 is 1.31. The standard InChI is InChI=1S/C13H14N4OS/c1-16-13(15)19-11-6-7-17(12(11)18)10-4-2-9(8-14)3-5-10/h2-5,11H,6-7H2,1H3,(H2,15,16). The first-order chi connectivity index (χ1) is 9.15. The van der Waals surface area contributed by atoms with Gasteiger partial charge in [-0.1, -0.05) is 11.8 Å². The van der Waals surface area contributed by atoms with Crippen LogP contribution in [-0.4, -0.2) is 29.9 Å². The lowest BCUT2D eigenvalue weighted by Gasteiger charge is -2.16. The Morgan fingerprint density at radius 1 is 1.53 bits per heavy atom. The van der Waals surface area contributed by atoms with Gasteiger partial charge in [0.15, 0.2) is 5.17 Å². The minimum Gasteiger partial charge on any atom is -0.379 e. The van der Waals surface area contributed by atoms with Gasteiger partial charge in [-0.2, -0.15) is 5.26 Å². The van der Waals surface area contributed by atoms with Gasteiger partial charge in [0.25, 0.3) is 0 Å². The van der Waals surface area contributed by atoms with Gasteiger partial charge in [-0.25, -0.2) is 0 Å². The average molecular weight is 274 g/mol. The zero-order chi connectivity index (χ0) is 13.8. The van der Waals surface area contributed by atoms with Crippen LogP contribution in [-0.2, 0) is 4.79 Å². The number of nitrogens with two attached hydrogens (primary N) is 1. The molecule has 1 unspecified atom stereocenters. The first-order valence-corrected chi connectivity index (χ1v) is 6.74. The van der Waals surface area contributed by atoms with E-state index in [-0.39, 0.29) is 11.2 Å². The van der Waals surface area contributed by atoms with Crippen molar-refractivity contribution in [2.24, 2.45) is 10.7 Å². The number of hydrogen-bond donors (Lipinski definition) is 1. The van der Waals surface area contributed by atoms with Crippen LogP contribution >= 0.6 is 11.8 Å². The smallest absolute Gasteiger partial charge is 0.240 e. The number of amides is 1. The molecule has 0 bridgehead atoms. The van der Waals surface area contributed by atoms with Crippen molar-refractivity contribution in [3.8, 4) is 6.07 Å². The molecular formula is C13H14N4OS. The first kappa shape index (κ1) is 13.4. The van der Waals surface area contributed by atoms with Crippen LogP contribution in [0.5, 0.6) is 0 Å². The third kappa shape index (κ3) is 2.88. The summed E-state index contributed by atoms with van der Waals surface area (Å²) in [6, 6.07) is 9.07. The predicted molar refractivity (Wildman–Crippen MR) is 77.1 cm³/mol. The first-order valence-electron chi connectivity index (χ1n) is 5.86. The lowest BCUT2D eigenvalue weighted by Crippen LogP contribution is -2.29. The second kappa shape index (κ2) is 5.76. The molecule has 0 radical (unpaired) electrons. The lowest BCUT2D eigenvalue weighted by atomic mass is 10.2. The van der Waals surface area contributed by atoms with Gasteiger partial charge in [0.2, 0.25) is 5.91 Å². The van der Waals surface area contributed by atoms with Gasteiger partial charge < -0.3 is 10.6 Å². The molecule has 1 aromatic carbocycles. The molecule has 0 spiro atoms. The number of carbonyl (C=O) groups is 1. The van der Waals surface area contributed by atoms with Crippen LogP contribution in [0.4, 0.5) is 5.69 Å². The van der Waals surface area contributed by atoms with E-state index in [0.717, 1.165) is 12.1 Å². The van der Waals surface area contributed by atoms with E-state index in [9.17, 15) is 4.79 Å². The summed E-state index contributed by atoms with van der Waals surface area (Å²) in [5, 5.41) is 9.02. The van der Waals surface area contributed by atoms with Crippen molar-refractivity contribution >= 4 is 28.5 Å². The molecule has 1 aromatic rings. The van der Waals surface area contributed by atoms with Crippen molar-refractivity contribution in [3.63, 3.8) is 0 Å². The summed E-state index contributed by atoms with van der Waals surface area (Å²) in [4.78, 5) is 17.8. The molecule has 19 heavy (non-hydrogen) atoms. The summed E-state index contributed by atoms with van der Waals surface area (Å²) in [6.45, 7) is 0.666. The number of carbonyl (C=O) groups excluding carboxylic acids is 1. The monoisotopic (exact) mass is 274 g/mol. The van der Waals surface area contributed by atoms with E-state index >= 15 is 0 Å². The van der Waals surface area contributed by atoms with Crippen LogP contribution in [0.2, 0.25) is 0 Å². The Bertz CT molecular complexity index is 547. The van der Waals surface area contributed by atoms with Gasteiger partial charge in [0.05, 0.1) is 16.9 Å². The van der Waals surface area contributed by atoms with Crippen molar-refractivity contribution in [1.82, 2.24) is 0 Å².